The highest BCUT2D eigenvalue weighted by atomic mass is 32.2. The molecule has 1 aliphatic heterocycles. The minimum atomic E-state index is -3.29. The van der Waals surface area contributed by atoms with E-state index >= 15 is 0 Å². The molecule has 1 aromatic rings. The Morgan fingerprint density at radius 2 is 1.41 bits per heavy atom. The number of rotatable bonds is 21. The summed E-state index contributed by atoms with van der Waals surface area (Å²) in [7, 11) is -3.29. The highest BCUT2D eigenvalue weighted by molar-refractivity contribution is 7.85. The van der Waals surface area contributed by atoms with Gasteiger partial charge in [0.2, 0.25) is 0 Å². The highest BCUT2D eigenvalue weighted by Crippen LogP contribution is 2.15. The number of anilines is 1. The van der Waals surface area contributed by atoms with Gasteiger partial charge in [-0.3, -0.25) is 13.9 Å². The molecule has 1 N–H and O–H groups in total. The monoisotopic (exact) mass is 566 g/mol. The van der Waals surface area contributed by atoms with Crippen molar-refractivity contribution in [1.29, 1.82) is 0 Å². The molecule has 0 spiro atoms. The van der Waals surface area contributed by atoms with Crippen LogP contribution >= 0.6 is 0 Å². The van der Waals surface area contributed by atoms with Crippen LogP contribution in [-0.4, -0.2) is 76.3 Å². The molecule has 39 heavy (non-hydrogen) atoms. The van der Waals surface area contributed by atoms with Gasteiger partial charge in [-0.1, -0.05) is 84.5 Å². The van der Waals surface area contributed by atoms with Crippen LogP contribution in [0.5, 0.6) is 0 Å². The molecule has 0 aromatic carbocycles. The smallest absolute Gasteiger partial charge is 0.264 e. The maximum Gasteiger partial charge on any atom is 0.264 e. The number of amides is 1. The summed E-state index contributed by atoms with van der Waals surface area (Å²) in [6, 6.07) is 3.88. The molecular formula is C30H54N4O4S. The van der Waals surface area contributed by atoms with Crippen LogP contribution in [-0.2, 0) is 14.3 Å². The second kappa shape index (κ2) is 19.4. The Labute approximate surface area is 238 Å². The first-order valence-corrected chi connectivity index (χ1v) is 17.1. The number of unbranched alkanes of at least 4 members (excludes halogenated alkanes) is 12. The third kappa shape index (κ3) is 16.2. The number of pyridine rings is 1. The molecule has 1 amide bonds. The number of hydrogen-bond donors (Lipinski definition) is 1. The molecule has 0 bridgehead atoms. The van der Waals surface area contributed by atoms with Crippen molar-refractivity contribution in [3.8, 4) is 0 Å². The third-order valence-corrected chi connectivity index (χ3v) is 7.83. The Morgan fingerprint density at radius 3 is 1.90 bits per heavy atom. The second-order valence-corrected chi connectivity index (χ2v) is 13.1. The van der Waals surface area contributed by atoms with E-state index in [1.165, 1.54) is 51.4 Å². The molecule has 0 saturated carbocycles. The Morgan fingerprint density at radius 1 is 0.872 bits per heavy atom. The first kappa shape index (κ1) is 33.5. The van der Waals surface area contributed by atoms with Gasteiger partial charge in [0.15, 0.2) is 0 Å². The average molecular weight is 567 g/mol. The predicted octanol–water partition coefficient (Wildman–Crippen LogP) is 5.64. The molecule has 1 aromatic heterocycles. The number of piperazine rings is 1. The molecule has 0 radical (unpaired) electrons. The lowest BCUT2D eigenvalue weighted by Crippen LogP contribution is -2.47. The maximum absolute atomic E-state index is 12.5. The Bertz CT molecular complexity index is 885. The Balaban J connectivity index is 1.40. The minimum Gasteiger partial charge on any atom is -0.354 e. The van der Waals surface area contributed by atoms with Crippen LogP contribution in [0.3, 0.4) is 0 Å². The van der Waals surface area contributed by atoms with Gasteiger partial charge in [0.1, 0.15) is 5.82 Å². The molecule has 9 heteroatoms. The van der Waals surface area contributed by atoms with Crippen molar-refractivity contribution in [1.82, 2.24) is 15.2 Å². The molecule has 224 valence electrons. The van der Waals surface area contributed by atoms with E-state index in [9.17, 15) is 13.2 Å². The number of nitrogens with zero attached hydrogens (tertiary/aromatic N) is 3. The largest absolute Gasteiger partial charge is 0.354 e. The van der Waals surface area contributed by atoms with E-state index < -0.39 is 10.1 Å². The number of carbonyl (C=O) groups excluding carboxylic acids is 1. The SMILES string of the molecule is CC(C)CN1CCN(c2ccc(C(=O)NCCCCCCCCCCCCCCCOS(C)(=O)=O)cn2)CC1. The number of carbonyl (C=O) groups is 1. The lowest BCUT2D eigenvalue weighted by atomic mass is 10.0. The zero-order chi connectivity index (χ0) is 28.3. The van der Waals surface area contributed by atoms with Gasteiger partial charge < -0.3 is 10.2 Å². The van der Waals surface area contributed by atoms with Crippen molar-refractivity contribution in [2.75, 3.05) is 57.0 Å². The van der Waals surface area contributed by atoms with Gasteiger partial charge >= 0.3 is 0 Å². The lowest BCUT2D eigenvalue weighted by molar-refractivity contribution is 0.0952. The van der Waals surface area contributed by atoms with Crippen LogP contribution in [0.2, 0.25) is 0 Å². The molecule has 1 fully saturated rings. The number of nitrogens with one attached hydrogen (secondary N) is 1. The number of aromatic nitrogens is 1. The summed E-state index contributed by atoms with van der Waals surface area (Å²) >= 11 is 0. The molecule has 1 aliphatic rings. The lowest BCUT2D eigenvalue weighted by Gasteiger charge is -2.36. The summed E-state index contributed by atoms with van der Waals surface area (Å²) in [5.74, 6) is 1.63. The summed E-state index contributed by atoms with van der Waals surface area (Å²) in [5, 5.41) is 3.04. The van der Waals surface area contributed by atoms with Crippen molar-refractivity contribution < 1.29 is 17.4 Å². The molecule has 0 unspecified atom stereocenters. The van der Waals surface area contributed by atoms with E-state index in [0.29, 0.717) is 18.1 Å². The molecule has 1 saturated heterocycles. The molecular weight excluding hydrogens is 512 g/mol. The van der Waals surface area contributed by atoms with Crippen molar-refractivity contribution in [3.63, 3.8) is 0 Å². The van der Waals surface area contributed by atoms with Gasteiger partial charge in [-0.15, -0.1) is 0 Å². The summed E-state index contributed by atoms with van der Waals surface area (Å²) in [5.41, 5.74) is 0.637. The molecule has 0 atom stereocenters. The summed E-state index contributed by atoms with van der Waals surface area (Å²) in [6.45, 7) is 10.8. The second-order valence-electron chi connectivity index (χ2n) is 11.5. The molecule has 2 heterocycles. The van der Waals surface area contributed by atoms with Crippen LogP contribution in [0.1, 0.15) is 108 Å². The molecule has 8 nitrogen and oxygen atoms in total. The van der Waals surface area contributed by atoms with E-state index in [-0.39, 0.29) is 5.91 Å². The summed E-state index contributed by atoms with van der Waals surface area (Å²) in [4.78, 5) is 21.9. The van der Waals surface area contributed by atoms with Crippen LogP contribution in [0, 0.1) is 5.92 Å². The number of hydrogen-bond acceptors (Lipinski definition) is 7. The van der Waals surface area contributed by atoms with Crippen LogP contribution in [0.25, 0.3) is 0 Å². The third-order valence-electron chi connectivity index (χ3n) is 7.23. The first-order chi connectivity index (χ1) is 18.7. The van der Waals surface area contributed by atoms with E-state index in [2.05, 4.69) is 33.9 Å². The van der Waals surface area contributed by atoms with Crippen molar-refractivity contribution in [2.24, 2.45) is 5.92 Å². The van der Waals surface area contributed by atoms with Crippen LogP contribution in [0.15, 0.2) is 18.3 Å². The van der Waals surface area contributed by atoms with E-state index in [1.54, 1.807) is 6.20 Å². The van der Waals surface area contributed by atoms with Gasteiger partial charge in [0, 0.05) is 45.5 Å². The van der Waals surface area contributed by atoms with E-state index in [4.69, 9.17) is 4.18 Å². The van der Waals surface area contributed by atoms with Gasteiger partial charge in [-0.25, -0.2) is 4.98 Å². The maximum atomic E-state index is 12.5. The summed E-state index contributed by atoms with van der Waals surface area (Å²) in [6.07, 6.45) is 18.2. The fourth-order valence-corrected chi connectivity index (χ4v) is 5.49. The predicted molar refractivity (Wildman–Crippen MR) is 161 cm³/mol. The fourth-order valence-electron chi connectivity index (χ4n) is 5.07. The summed E-state index contributed by atoms with van der Waals surface area (Å²) < 4.78 is 26.5. The van der Waals surface area contributed by atoms with Gasteiger partial charge in [-0.2, -0.15) is 8.42 Å². The van der Waals surface area contributed by atoms with E-state index in [0.717, 1.165) is 83.4 Å². The zero-order valence-corrected chi connectivity index (χ0v) is 25.7. The van der Waals surface area contributed by atoms with Crippen LogP contribution < -0.4 is 10.2 Å². The Kier molecular flexibility index (Phi) is 16.6. The van der Waals surface area contributed by atoms with E-state index in [1.807, 2.05) is 12.1 Å². The van der Waals surface area contributed by atoms with Gasteiger partial charge in [0.05, 0.1) is 18.4 Å². The fraction of sp³-hybridized carbons (Fsp3) is 0.800. The van der Waals surface area contributed by atoms with Gasteiger partial charge in [0.25, 0.3) is 16.0 Å². The van der Waals surface area contributed by atoms with Crippen LogP contribution in [0.4, 0.5) is 5.82 Å². The zero-order valence-electron chi connectivity index (χ0n) is 24.8. The Hall–Kier alpha value is -1.71. The normalized spacial score (nSPS) is 14.7. The topological polar surface area (TPSA) is 91.8 Å². The van der Waals surface area contributed by atoms with Crippen molar-refractivity contribution in [3.05, 3.63) is 23.9 Å². The van der Waals surface area contributed by atoms with Crippen molar-refractivity contribution in [2.45, 2.75) is 97.3 Å². The van der Waals surface area contributed by atoms with Crippen molar-refractivity contribution >= 4 is 21.8 Å². The quantitative estimate of drug-likeness (QED) is 0.152. The minimum absolute atomic E-state index is 0.0296. The van der Waals surface area contributed by atoms with Gasteiger partial charge in [-0.05, 0) is 30.9 Å². The average Bonchev–Trinajstić information content (AvgIpc) is 2.90. The standard InChI is InChI=1S/C30H54N4O4S/c1-27(2)26-33-20-22-34(23-21-33)29-18-17-28(25-32-29)30(35)31-19-15-13-11-9-7-5-4-6-8-10-12-14-16-24-38-39(3,36)37/h17-18,25,27H,4-16,19-24,26H2,1-3H3,(H,31,35). The highest BCUT2D eigenvalue weighted by Gasteiger charge is 2.18. The first-order valence-electron chi connectivity index (χ1n) is 15.3. The molecule has 0 aliphatic carbocycles. The molecule has 2 rings (SSSR count).